The first-order valence-electron chi connectivity index (χ1n) is 4.93. The third-order valence-electron chi connectivity index (χ3n) is 2.71. The van der Waals surface area contributed by atoms with E-state index in [-0.39, 0.29) is 5.92 Å². The quantitative estimate of drug-likeness (QED) is 0.882. The Morgan fingerprint density at radius 3 is 2.75 bits per heavy atom. The van der Waals surface area contributed by atoms with Crippen LogP contribution in [0.4, 0.5) is 0 Å². The first-order chi connectivity index (χ1) is 7.46. The number of benzene rings is 1. The predicted octanol–water partition coefficient (Wildman–Crippen LogP) is 2.06. The Balaban J connectivity index is 2.61. The van der Waals surface area contributed by atoms with E-state index in [1.165, 1.54) is 0 Å². The molecule has 1 unspecified atom stereocenters. The fraction of sp³-hybridized carbons (Fsp3) is 0.273. The van der Waals surface area contributed by atoms with Crippen LogP contribution in [0.3, 0.4) is 0 Å². The third-order valence-corrected chi connectivity index (χ3v) is 5.04. The van der Waals surface area contributed by atoms with E-state index in [0.29, 0.717) is 26.9 Å². The van der Waals surface area contributed by atoms with E-state index < -0.39 is 9.84 Å². The standard InChI is InChI=1S/C11H12ClNO2S/c1-7(6-13)11-5-8-4-9(12)2-3-10(8)16(11,14)15/h2-5,7H,6,13H2,1H3. The van der Waals surface area contributed by atoms with Crippen molar-refractivity contribution >= 4 is 27.5 Å². The normalized spacial score (nSPS) is 19.1. The number of rotatable bonds is 2. The van der Waals surface area contributed by atoms with Crippen LogP contribution >= 0.6 is 11.6 Å². The lowest BCUT2D eigenvalue weighted by Gasteiger charge is -2.09. The molecular weight excluding hydrogens is 246 g/mol. The molecule has 1 aromatic rings. The number of fused-ring (bicyclic) bond motifs is 1. The highest BCUT2D eigenvalue weighted by atomic mass is 35.5. The van der Waals surface area contributed by atoms with Gasteiger partial charge in [0.1, 0.15) is 0 Å². The Morgan fingerprint density at radius 2 is 2.12 bits per heavy atom. The summed E-state index contributed by atoms with van der Waals surface area (Å²) in [5.74, 6) is -0.170. The average molecular weight is 258 g/mol. The summed E-state index contributed by atoms with van der Waals surface area (Å²) in [6, 6.07) is 4.78. The van der Waals surface area contributed by atoms with Crippen molar-refractivity contribution < 1.29 is 8.42 Å². The summed E-state index contributed by atoms with van der Waals surface area (Å²) >= 11 is 5.83. The number of nitrogens with two attached hydrogens (primary N) is 1. The van der Waals surface area contributed by atoms with Gasteiger partial charge in [0.15, 0.2) is 0 Å². The molecule has 2 rings (SSSR count). The summed E-state index contributed by atoms with van der Waals surface area (Å²) < 4.78 is 24.3. The Bertz CT molecular complexity index is 563. The van der Waals surface area contributed by atoms with Crippen LogP contribution in [0.2, 0.25) is 5.02 Å². The van der Waals surface area contributed by atoms with Gasteiger partial charge < -0.3 is 5.73 Å². The van der Waals surface area contributed by atoms with E-state index in [2.05, 4.69) is 0 Å². The monoisotopic (exact) mass is 257 g/mol. The van der Waals surface area contributed by atoms with Gasteiger partial charge >= 0.3 is 0 Å². The maximum atomic E-state index is 12.1. The van der Waals surface area contributed by atoms with Crippen molar-refractivity contribution in [3.63, 3.8) is 0 Å². The highest BCUT2D eigenvalue weighted by molar-refractivity contribution is 7.95. The van der Waals surface area contributed by atoms with Crippen LogP contribution in [-0.2, 0) is 9.84 Å². The van der Waals surface area contributed by atoms with E-state index >= 15 is 0 Å². The molecule has 2 N–H and O–H groups in total. The van der Waals surface area contributed by atoms with E-state index in [9.17, 15) is 8.42 Å². The maximum absolute atomic E-state index is 12.1. The molecule has 0 saturated carbocycles. The first-order valence-corrected chi connectivity index (χ1v) is 6.79. The molecule has 0 aromatic heterocycles. The van der Waals surface area contributed by atoms with Crippen LogP contribution in [0.25, 0.3) is 6.08 Å². The van der Waals surface area contributed by atoms with Gasteiger partial charge in [0.25, 0.3) is 0 Å². The van der Waals surface area contributed by atoms with Crippen LogP contribution in [0.5, 0.6) is 0 Å². The molecule has 0 saturated heterocycles. The van der Waals surface area contributed by atoms with Gasteiger partial charge in [-0.1, -0.05) is 18.5 Å². The summed E-state index contributed by atoms with van der Waals surface area (Å²) in [5, 5.41) is 0.534. The molecule has 0 radical (unpaired) electrons. The molecule has 16 heavy (non-hydrogen) atoms. The van der Waals surface area contributed by atoms with Gasteiger partial charge in [0, 0.05) is 10.9 Å². The summed E-state index contributed by atoms with van der Waals surface area (Å²) in [5.41, 5.74) is 6.16. The Hall–Kier alpha value is -0.840. The van der Waals surface area contributed by atoms with Crippen molar-refractivity contribution in [2.24, 2.45) is 11.7 Å². The number of halogens is 1. The van der Waals surface area contributed by atoms with E-state index in [1.807, 2.05) is 0 Å². The minimum absolute atomic E-state index is 0.170. The average Bonchev–Trinajstić information content (AvgIpc) is 2.49. The van der Waals surface area contributed by atoms with E-state index in [1.54, 1.807) is 31.2 Å². The topological polar surface area (TPSA) is 60.2 Å². The lowest BCUT2D eigenvalue weighted by atomic mass is 10.1. The van der Waals surface area contributed by atoms with Crippen LogP contribution in [0.1, 0.15) is 12.5 Å². The minimum Gasteiger partial charge on any atom is -0.330 e. The molecule has 1 aliphatic heterocycles. The molecule has 0 aliphatic carbocycles. The molecule has 0 spiro atoms. The molecule has 1 heterocycles. The molecule has 1 aliphatic rings. The smallest absolute Gasteiger partial charge is 0.203 e. The second-order valence-corrected chi connectivity index (χ2v) is 6.22. The zero-order chi connectivity index (χ0) is 11.9. The molecule has 3 nitrogen and oxygen atoms in total. The van der Waals surface area contributed by atoms with Gasteiger partial charge in [-0.2, -0.15) is 0 Å². The van der Waals surface area contributed by atoms with Crippen LogP contribution in [-0.4, -0.2) is 15.0 Å². The van der Waals surface area contributed by atoms with Gasteiger partial charge in [-0.05, 0) is 36.4 Å². The molecule has 86 valence electrons. The molecule has 1 aromatic carbocycles. The Morgan fingerprint density at radius 1 is 1.44 bits per heavy atom. The van der Waals surface area contributed by atoms with Crippen LogP contribution < -0.4 is 5.73 Å². The fourth-order valence-electron chi connectivity index (χ4n) is 1.76. The van der Waals surface area contributed by atoms with Crippen molar-refractivity contribution in [3.05, 3.63) is 33.7 Å². The molecule has 0 bridgehead atoms. The largest absolute Gasteiger partial charge is 0.330 e. The Labute approximate surface area is 99.8 Å². The summed E-state index contributed by atoms with van der Waals surface area (Å²) in [4.78, 5) is 0.708. The summed E-state index contributed by atoms with van der Waals surface area (Å²) in [6.45, 7) is 2.11. The second kappa shape index (κ2) is 3.87. The zero-order valence-electron chi connectivity index (χ0n) is 8.77. The van der Waals surface area contributed by atoms with Crippen molar-refractivity contribution in [3.8, 4) is 0 Å². The van der Waals surface area contributed by atoms with Crippen LogP contribution in [0.15, 0.2) is 28.0 Å². The lowest BCUT2D eigenvalue weighted by Crippen LogP contribution is -2.17. The summed E-state index contributed by atoms with van der Waals surface area (Å²) in [7, 11) is -3.35. The Kier molecular flexibility index (Phi) is 2.82. The first kappa shape index (κ1) is 11.6. The molecular formula is C11H12ClNO2S. The van der Waals surface area contributed by atoms with Gasteiger partial charge in [-0.25, -0.2) is 8.42 Å². The van der Waals surface area contributed by atoms with E-state index in [0.717, 1.165) is 0 Å². The van der Waals surface area contributed by atoms with Crippen molar-refractivity contribution in [2.75, 3.05) is 6.54 Å². The number of sulfone groups is 1. The van der Waals surface area contributed by atoms with Crippen molar-refractivity contribution in [1.82, 2.24) is 0 Å². The predicted molar refractivity (Wildman–Crippen MR) is 64.8 cm³/mol. The number of hydrogen-bond donors (Lipinski definition) is 1. The molecule has 0 fully saturated rings. The lowest BCUT2D eigenvalue weighted by molar-refractivity contribution is 0.594. The van der Waals surface area contributed by atoms with Gasteiger partial charge in [-0.15, -0.1) is 0 Å². The summed E-state index contributed by atoms with van der Waals surface area (Å²) in [6.07, 6.45) is 1.66. The van der Waals surface area contributed by atoms with Crippen molar-refractivity contribution in [2.45, 2.75) is 11.8 Å². The fourth-order valence-corrected chi connectivity index (χ4v) is 3.78. The molecule has 5 heteroatoms. The van der Waals surface area contributed by atoms with Gasteiger partial charge in [0.05, 0.1) is 9.80 Å². The molecule has 1 atom stereocenters. The van der Waals surface area contributed by atoms with Gasteiger partial charge in [-0.3, -0.25) is 0 Å². The highest BCUT2D eigenvalue weighted by Crippen LogP contribution is 2.37. The number of hydrogen-bond acceptors (Lipinski definition) is 3. The minimum atomic E-state index is -3.35. The van der Waals surface area contributed by atoms with Crippen LogP contribution in [0, 0.1) is 5.92 Å². The zero-order valence-corrected chi connectivity index (χ0v) is 10.3. The van der Waals surface area contributed by atoms with E-state index in [4.69, 9.17) is 17.3 Å². The molecule has 0 amide bonds. The van der Waals surface area contributed by atoms with Crippen molar-refractivity contribution in [1.29, 1.82) is 0 Å². The second-order valence-electron chi connectivity index (χ2n) is 3.87. The third kappa shape index (κ3) is 1.67. The highest BCUT2D eigenvalue weighted by Gasteiger charge is 2.32. The SMILES string of the molecule is CC(CN)C1=Cc2cc(Cl)ccc2S1(=O)=O. The van der Waals surface area contributed by atoms with Gasteiger partial charge in [0.2, 0.25) is 9.84 Å². The maximum Gasteiger partial charge on any atom is 0.203 e.